The third-order valence-electron chi connectivity index (χ3n) is 4.13. The molecule has 0 aromatic carbocycles. The third kappa shape index (κ3) is 2.94. The van der Waals surface area contributed by atoms with E-state index in [-0.39, 0.29) is 0 Å². The summed E-state index contributed by atoms with van der Waals surface area (Å²) in [6.07, 6.45) is 9.88. The highest BCUT2D eigenvalue weighted by atomic mass is 15.2. The molecule has 2 nitrogen and oxygen atoms in total. The lowest BCUT2D eigenvalue weighted by atomic mass is 9.96. The van der Waals surface area contributed by atoms with Crippen LogP contribution in [0.3, 0.4) is 0 Å². The van der Waals surface area contributed by atoms with E-state index in [0.29, 0.717) is 0 Å². The summed E-state index contributed by atoms with van der Waals surface area (Å²) in [5.41, 5.74) is 0. The molecule has 2 unspecified atom stereocenters. The number of hydrogen-bond donors (Lipinski definition) is 1. The first kappa shape index (κ1) is 11.4. The van der Waals surface area contributed by atoms with Crippen LogP contribution in [0.4, 0.5) is 0 Å². The van der Waals surface area contributed by atoms with Gasteiger partial charge in [-0.25, -0.2) is 0 Å². The standard InChI is InChI=1S/C13H26N2/c1-2-12-7-4-6-10-15(12)13-8-3-5-9-14-11-13/h12-14H,2-11H2,1H3. The van der Waals surface area contributed by atoms with Crippen LogP contribution in [0.5, 0.6) is 0 Å². The van der Waals surface area contributed by atoms with Crippen molar-refractivity contribution in [1.82, 2.24) is 10.2 Å². The summed E-state index contributed by atoms with van der Waals surface area (Å²) in [5.74, 6) is 0. The van der Waals surface area contributed by atoms with Crippen LogP contribution >= 0.6 is 0 Å². The average Bonchev–Trinajstić information content (AvgIpc) is 2.57. The van der Waals surface area contributed by atoms with Gasteiger partial charge >= 0.3 is 0 Å². The second-order valence-electron chi connectivity index (χ2n) is 5.15. The predicted molar refractivity (Wildman–Crippen MR) is 65.1 cm³/mol. The smallest absolute Gasteiger partial charge is 0.0223 e. The van der Waals surface area contributed by atoms with Crippen molar-refractivity contribution in [3.8, 4) is 0 Å². The van der Waals surface area contributed by atoms with Gasteiger partial charge in [0.25, 0.3) is 0 Å². The van der Waals surface area contributed by atoms with E-state index in [2.05, 4.69) is 17.1 Å². The quantitative estimate of drug-likeness (QED) is 0.753. The first-order valence-corrected chi connectivity index (χ1v) is 6.88. The van der Waals surface area contributed by atoms with E-state index < -0.39 is 0 Å². The average molecular weight is 210 g/mol. The van der Waals surface area contributed by atoms with E-state index in [1.54, 1.807) is 0 Å². The van der Waals surface area contributed by atoms with Crippen molar-refractivity contribution in [3.63, 3.8) is 0 Å². The first-order valence-electron chi connectivity index (χ1n) is 6.88. The molecule has 0 aliphatic carbocycles. The molecule has 0 spiro atoms. The number of piperidine rings is 1. The molecule has 1 N–H and O–H groups in total. The molecule has 2 heterocycles. The van der Waals surface area contributed by atoms with Crippen LogP contribution in [0.25, 0.3) is 0 Å². The number of likely N-dealkylation sites (tertiary alicyclic amines) is 1. The van der Waals surface area contributed by atoms with E-state index in [1.165, 1.54) is 64.6 Å². The minimum absolute atomic E-state index is 0.831. The third-order valence-corrected chi connectivity index (χ3v) is 4.13. The Balaban J connectivity index is 1.92. The Bertz CT molecular complexity index is 173. The maximum Gasteiger partial charge on any atom is 0.0223 e. The number of nitrogens with one attached hydrogen (secondary N) is 1. The Morgan fingerprint density at radius 3 is 2.87 bits per heavy atom. The van der Waals surface area contributed by atoms with Gasteiger partial charge in [-0.15, -0.1) is 0 Å². The van der Waals surface area contributed by atoms with Gasteiger partial charge in [0, 0.05) is 18.6 Å². The molecule has 15 heavy (non-hydrogen) atoms. The van der Waals surface area contributed by atoms with Crippen LogP contribution in [0.2, 0.25) is 0 Å². The number of nitrogens with zero attached hydrogens (tertiary/aromatic N) is 1. The molecule has 2 fully saturated rings. The fourth-order valence-electron chi connectivity index (χ4n) is 3.23. The molecule has 0 aromatic heterocycles. The second-order valence-corrected chi connectivity index (χ2v) is 5.15. The molecule has 2 atom stereocenters. The van der Waals surface area contributed by atoms with E-state index in [1.807, 2.05) is 0 Å². The van der Waals surface area contributed by atoms with Gasteiger partial charge in [0.15, 0.2) is 0 Å². The predicted octanol–water partition coefficient (Wildman–Crippen LogP) is 2.39. The van der Waals surface area contributed by atoms with Gasteiger partial charge in [0.1, 0.15) is 0 Å². The van der Waals surface area contributed by atoms with Gasteiger partial charge < -0.3 is 5.32 Å². The summed E-state index contributed by atoms with van der Waals surface area (Å²) >= 11 is 0. The molecule has 2 heteroatoms. The largest absolute Gasteiger partial charge is 0.315 e. The Morgan fingerprint density at radius 2 is 2.00 bits per heavy atom. The Labute approximate surface area is 94.4 Å². The molecular formula is C13H26N2. The zero-order chi connectivity index (χ0) is 10.5. The molecule has 0 aromatic rings. The molecule has 2 saturated heterocycles. The summed E-state index contributed by atoms with van der Waals surface area (Å²) in [6, 6.07) is 1.71. The number of rotatable bonds is 2. The van der Waals surface area contributed by atoms with Crippen LogP contribution in [-0.2, 0) is 0 Å². The second kappa shape index (κ2) is 5.86. The fourth-order valence-corrected chi connectivity index (χ4v) is 3.23. The Morgan fingerprint density at radius 1 is 1.13 bits per heavy atom. The molecule has 2 aliphatic rings. The molecule has 0 radical (unpaired) electrons. The highest BCUT2D eigenvalue weighted by molar-refractivity contribution is 4.84. The van der Waals surface area contributed by atoms with E-state index in [4.69, 9.17) is 0 Å². The minimum Gasteiger partial charge on any atom is -0.315 e. The number of hydrogen-bond acceptors (Lipinski definition) is 2. The van der Waals surface area contributed by atoms with Crippen molar-refractivity contribution in [3.05, 3.63) is 0 Å². The van der Waals surface area contributed by atoms with Crippen molar-refractivity contribution in [2.75, 3.05) is 19.6 Å². The molecule has 0 bridgehead atoms. The van der Waals surface area contributed by atoms with Gasteiger partial charge in [-0.1, -0.05) is 19.8 Å². The summed E-state index contributed by atoms with van der Waals surface area (Å²) in [4.78, 5) is 2.81. The lowest BCUT2D eigenvalue weighted by Gasteiger charge is -2.40. The molecular weight excluding hydrogens is 184 g/mol. The SMILES string of the molecule is CCC1CCCCN1C1CCCCNC1. The molecule has 0 amide bonds. The van der Waals surface area contributed by atoms with Crippen LogP contribution in [0, 0.1) is 0 Å². The van der Waals surface area contributed by atoms with E-state index >= 15 is 0 Å². The minimum atomic E-state index is 0.831. The van der Waals surface area contributed by atoms with Crippen LogP contribution in [0.1, 0.15) is 51.9 Å². The maximum absolute atomic E-state index is 3.60. The molecule has 2 aliphatic heterocycles. The van der Waals surface area contributed by atoms with Gasteiger partial charge in [0.2, 0.25) is 0 Å². The normalized spacial score (nSPS) is 35.0. The lowest BCUT2D eigenvalue weighted by Crippen LogP contribution is -2.49. The molecule has 88 valence electrons. The first-order chi connectivity index (χ1) is 7.42. The van der Waals surface area contributed by atoms with Gasteiger partial charge in [-0.2, -0.15) is 0 Å². The maximum atomic E-state index is 3.60. The van der Waals surface area contributed by atoms with Crippen molar-refractivity contribution in [1.29, 1.82) is 0 Å². The van der Waals surface area contributed by atoms with E-state index in [0.717, 1.165) is 12.1 Å². The summed E-state index contributed by atoms with van der Waals surface area (Å²) < 4.78 is 0. The Hall–Kier alpha value is -0.0800. The van der Waals surface area contributed by atoms with Crippen molar-refractivity contribution < 1.29 is 0 Å². The lowest BCUT2D eigenvalue weighted by molar-refractivity contribution is 0.0883. The Kier molecular flexibility index (Phi) is 4.45. The van der Waals surface area contributed by atoms with Crippen LogP contribution in [-0.4, -0.2) is 36.6 Å². The topological polar surface area (TPSA) is 15.3 Å². The van der Waals surface area contributed by atoms with Crippen molar-refractivity contribution in [2.24, 2.45) is 0 Å². The van der Waals surface area contributed by atoms with Gasteiger partial charge in [-0.05, 0) is 45.2 Å². The highest BCUT2D eigenvalue weighted by Gasteiger charge is 2.27. The van der Waals surface area contributed by atoms with Crippen LogP contribution in [0.15, 0.2) is 0 Å². The summed E-state index contributed by atoms with van der Waals surface area (Å²) in [6.45, 7) is 6.18. The van der Waals surface area contributed by atoms with Gasteiger partial charge in [-0.3, -0.25) is 4.90 Å². The zero-order valence-corrected chi connectivity index (χ0v) is 10.2. The monoisotopic (exact) mass is 210 g/mol. The zero-order valence-electron chi connectivity index (χ0n) is 10.2. The van der Waals surface area contributed by atoms with Gasteiger partial charge in [0.05, 0.1) is 0 Å². The molecule has 2 rings (SSSR count). The summed E-state index contributed by atoms with van der Waals surface area (Å²) in [7, 11) is 0. The molecule has 0 saturated carbocycles. The van der Waals surface area contributed by atoms with Crippen molar-refractivity contribution in [2.45, 2.75) is 64.0 Å². The highest BCUT2D eigenvalue weighted by Crippen LogP contribution is 2.24. The summed E-state index contributed by atoms with van der Waals surface area (Å²) in [5, 5.41) is 3.60. The fraction of sp³-hybridized carbons (Fsp3) is 1.00. The van der Waals surface area contributed by atoms with Crippen LogP contribution < -0.4 is 5.32 Å². The van der Waals surface area contributed by atoms with E-state index in [9.17, 15) is 0 Å². The van der Waals surface area contributed by atoms with Crippen molar-refractivity contribution >= 4 is 0 Å².